The van der Waals surface area contributed by atoms with Gasteiger partial charge in [-0.05, 0) is 46.4 Å². The number of aromatic nitrogens is 1. The van der Waals surface area contributed by atoms with Crippen LogP contribution >= 0.6 is 24.8 Å². The maximum Gasteiger partial charge on any atom is 0.463 e. The van der Waals surface area contributed by atoms with E-state index in [2.05, 4.69) is 44.1 Å². The predicted molar refractivity (Wildman–Crippen MR) is 94.2 cm³/mol. The standard InChI is InChI=1S/C15H23BN2O2.2ClH/c1-14(2)15(3,4)20-16(19-14)12-10-17-9-11(12)13-7-5-6-8-18-13;;/h5-8,11-12,17H,9-10H2,1-4H3;2*1H. The first-order valence-corrected chi connectivity index (χ1v) is 7.38. The highest BCUT2D eigenvalue weighted by Gasteiger charge is 2.56. The molecular weight excluding hydrogens is 322 g/mol. The van der Waals surface area contributed by atoms with Crippen LogP contribution < -0.4 is 5.32 Å². The monoisotopic (exact) mass is 346 g/mol. The molecule has 4 nitrogen and oxygen atoms in total. The smallest absolute Gasteiger partial charge is 0.403 e. The number of rotatable bonds is 2. The molecule has 0 bridgehead atoms. The molecule has 2 atom stereocenters. The second-order valence-corrected chi connectivity index (χ2v) is 6.81. The van der Waals surface area contributed by atoms with Crippen LogP contribution in [0.5, 0.6) is 0 Å². The Bertz CT molecular complexity index is 472. The van der Waals surface area contributed by atoms with Crippen molar-refractivity contribution in [2.75, 3.05) is 13.1 Å². The van der Waals surface area contributed by atoms with Crippen LogP contribution in [-0.2, 0) is 9.31 Å². The molecular formula is C15H25BCl2N2O2. The molecule has 2 aliphatic heterocycles. The highest BCUT2D eigenvalue weighted by atomic mass is 35.5. The average Bonchev–Trinajstić information content (AvgIpc) is 2.94. The van der Waals surface area contributed by atoms with Gasteiger partial charge in [0.05, 0.1) is 11.2 Å². The Hall–Kier alpha value is -0.325. The Balaban J connectivity index is 0.00000121. The minimum atomic E-state index is -0.269. The van der Waals surface area contributed by atoms with Gasteiger partial charge in [0.1, 0.15) is 0 Å². The molecule has 0 aromatic carbocycles. The van der Waals surface area contributed by atoms with E-state index in [0.717, 1.165) is 18.8 Å². The van der Waals surface area contributed by atoms with E-state index in [1.165, 1.54) is 0 Å². The molecule has 3 heterocycles. The van der Waals surface area contributed by atoms with Gasteiger partial charge in [-0.1, -0.05) is 6.07 Å². The summed E-state index contributed by atoms with van der Waals surface area (Å²) in [5.74, 6) is 0.664. The second-order valence-electron chi connectivity index (χ2n) is 6.81. The van der Waals surface area contributed by atoms with Crippen LogP contribution in [-0.4, -0.2) is 36.4 Å². The van der Waals surface area contributed by atoms with Crippen LogP contribution in [0, 0.1) is 0 Å². The SMILES string of the molecule is CC1(C)OB(C2CNCC2c2ccccn2)OC1(C)C.Cl.Cl. The summed E-state index contributed by atoms with van der Waals surface area (Å²) in [6.45, 7) is 10.3. The summed E-state index contributed by atoms with van der Waals surface area (Å²) in [5.41, 5.74) is 0.585. The van der Waals surface area contributed by atoms with Gasteiger partial charge in [0.15, 0.2) is 0 Å². The van der Waals surface area contributed by atoms with Crippen molar-refractivity contribution in [2.24, 2.45) is 0 Å². The fourth-order valence-electron chi connectivity index (χ4n) is 2.97. The maximum atomic E-state index is 6.21. The van der Waals surface area contributed by atoms with Crippen molar-refractivity contribution >= 4 is 31.9 Å². The molecule has 7 heteroatoms. The molecule has 0 amide bonds. The lowest BCUT2D eigenvalue weighted by Gasteiger charge is -2.32. The van der Waals surface area contributed by atoms with E-state index in [-0.39, 0.29) is 43.1 Å². The minimum absolute atomic E-state index is 0. The normalized spacial score (nSPS) is 28.8. The molecule has 0 radical (unpaired) electrons. The first-order chi connectivity index (χ1) is 9.41. The summed E-state index contributed by atoms with van der Waals surface area (Å²) >= 11 is 0. The first kappa shape index (κ1) is 19.7. The fraction of sp³-hybridized carbons (Fsp3) is 0.667. The zero-order valence-electron chi connectivity index (χ0n) is 13.5. The van der Waals surface area contributed by atoms with Crippen molar-refractivity contribution < 1.29 is 9.31 Å². The number of hydrogen-bond acceptors (Lipinski definition) is 4. The van der Waals surface area contributed by atoms with Crippen molar-refractivity contribution in [3.63, 3.8) is 0 Å². The number of nitrogens with zero attached hydrogens (tertiary/aromatic N) is 1. The zero-order valence-corrected chi connectivity index (χ0v) is 15.2. The molecule has 3 rings (SSSR count). The molecule has 2 aliphatic rings. The summed E-state index contributed by atoms with van der Waals surface area (Å²) < 4.78 is 12.4. The molecule has 0 aliphatic carbocycles. The lowest BCUT2D eigenvalue weighted by Crippen LogP contribution is -2.41. The average molecular weight is 347 g/mol. The third-order valence-electron chi connectivity index (χ3n) is 4.95. The summed E-state index contributed by atoms with van der Waals surface area (Å²) in [7, 11) is -0.165. The number of halogens is 2. The van der Waals surface area contributed by atoms with Gasteiger partial charge < -0.3 is 14.6 Å². The molecule has 2 unspecified atom stereocenters. The summed E-state index contributed by atoms with van der Waals surface area (Å²) in [6, 6.07) is 6.09. The first-order valence-electron chi connectivity index (χ1n) is 7.38. The van der Waals surface area contributed by atoms with Crippen LogP contribution in [0.1, 0.15) is 39.3 Å². The Morgan fingerprint density at radius 1 is 1.09 bits per heavy atom. The molecule has 1 aromatic heterocycles. The Morgan fingerprint density at radius 2 is 1.73 bits per heavy atom. The Morgan fingerprint density at radius 3 is 2.27 bits per heavy atom. The van der Waals surface area contributed by atoms with E-state index >= 15 is 0 Å². The van der Waals surface area contributed by atoms with E-state index in [9.17, 15) is 0 Å². The molecule has 124 valence electrons. The molecule has 1 aromatic rings. The number of nitrogens with one attached hydrogen (secondary N) is 1. The van der Waals surface area contributed by atoms with Gasteiger partial charge in [-0.2, -0.15) is 0 Å². The van der Waals surface area contributed by atoms with Gasteiger partial charge in [-0.3, -0.25) is 4.98 Å². The van der Waals surface area contributed by atoms with E-state index in [1.807, 2.05) is 18.3 Å². The molecule has 1 N–H and O–H groups in total. The topological polar surface area (TPSA) is 43.4 Å². The van der Waals surface area contributed by atoms with Crippen molar-refractivity contribution in [1.82, 2.24) is 10.3 Å². The van der Waals surface area contributed by atoms with Crippen molar-refractivity contribution in [3.8, 4) is 0 Å². The van der Waals surface area contributed by atoms with Gasteiger partial charge in [0, 0.05) is 30.2 Å². The van der Waals surface area contributed by atoms with Crippen LogP contribution in [0.4, 0.5) is 0 Å². The van der Waals surface area contributed by atoms with E-state index in [0.29, 0.717) is 11.7 Å². The highest BCUT2D eigenvalue weighted by molar-refractivity contribution is 6.48. The van der Waals surface area contributed by atoms with Crippen LogP contribution in [0.25, 0.3) is 0 Å². The lowest BCUT2D eigenvalue weighted by atomic mass is 9.65. The van der Waals surface area contributed by atoms with Crippen LogP contribution in [0.15, 0.2) is 24.4 Å². The van der Waals surface area contributed by atoms with Crippen LogP contribution in [0.3, 0.4) is 0 Å². The van der Waals surface area contributed by atoms with Gasteiger partial charge in [-0.15, -0.1) is 24.8 Å². The second kappa shape index (κ2) is 7.06. The van der Waals surface area contributed by atoms with Crippen molar-refractivity contribution in [2.45, 2.75) is 50.6 Å². The minimum Gasteiger partial charge on any atom is -0.403 e. The molecule has 22 heavy (non-hydrogen) atoms. The fourth-order valence-corrected chi connectivity index (χ4v) is 2.97. The predicted octanol–water partition coefficient (Wildman–Crippen LogP) is 3.07. The van der Waals surface area contributed by atoms with Gasteiger partial charge in [0.2, 0.25) is 0 Å². The van der Waals surface area contributed by atoms with Gasteiger partial charge in [-0.25, -0.2) is 0 Å². The summed E-state index contributed by atoms with van der Waals surface area (Å²) in [4.78, 5) is 4.50. The lowest BCUT2D eigenvalue weighted by molar-refractivity contribution is 0.00578. The van der Waals surface area contributed by atoms with E-state index < -0.39 is 0 Å². The third kappa shape index (κ3) is 3.44. The molecule has 2 fully saturated rings. The molecule has 0 saturated carbocycles. The number of pyridine rings is 1. The Labute approximate surface area is 145 Å². The van der Waals surface area contributed by atoms with Crippen molar-refractivity contribution in [3.05, 3.63) is 30.1 Å². The maximum absolute atomic E-state index is 6.21. The van der Waals surface area contributed by atoms with Crippen molar-refractivity contribution in [1.29, 1.82) is 0 Å². The third-order valence-corrected chi connectivity index (χ3v) is 4.95. The number of hydrogen-bond donors (Lipinski definition) is 1. The van der Waals surface area contributed by atoms with Gasteiger partial charge in [0.25, 0.3) is 0 Å². The summed E-state index contributed by atoms with van der Waals surface area (Å²) in [6.07, 6.45) is 1.86. The zero-order chi connectivity index (χ0) is 14.4. The highest BCUT2D eigenvalue weighted by Crippen LogP contribution is 2.44. The quantitative estimate of drug-likeness (QED) is 0.836. The summed E-state index contributed by atoms with van der Waals surface area (Å²) in [5, 5.41) is 3.45. The molecule has 2 saturated heterocycles. The van der Waals surface area contributed by atoms with E-state index in [1.54, 1.807) is 0 Å². The molecule has 0 spiro atoms. The van der Waals surface area contributed by atoms with E-state index in [4.69, 9.17) is 9.31 Å². The largest absolute Gasteiger partial charge is 0.463 e. The van der Waals surface area contributed by atoms with Gasteiger partial charge >= 0.3 is 7.12 Å². The Kier molecular flexibility index (Phi) is 6.33. The van der Waals surface area contributed by atoms with Crippen LogP contribution in [0.2, 0.25) is 5.82 Å².